The van der Waals surface area contributed by atoms with Crippen LogP contribution in [0.15, 0.2) is 29.3 Å². The molecule has 2 rings (SSSR count). The summed E-state index contributed by atoms with van der Waals surface area (Å²) in [5, 5.41) is 3.01. The Balaban J connectivity index is 1.95. The van der Waals surface area contributed by atoms with Crippen molar-refractivity contribution in [2.24, 2.45) is 4.99 Å². The number of benzene rings is 1. The van der Waals surface area contributed by atoms with E-state index in [2.05, 4.69) is 10.3 Å². The topological polar surface area (TPSA) is 42.9 Å². The van der Waals surface area contributed by atoms with Crippen LogP contribution < -0.4 is 14.8 Å². The maximum Gasteiger partial charge on any atom is 0.422 e. The fraction of sp³-hybridized carbons (Fsp3) is 0.417. The van der Waals surface area contributed by atoms with Gasteiger partial charge in [-0.1, -0.05) is 12.1 Å². The molecule has 0 saturated heterocycles. The van der Waals surface area contributed by atoms with Crippen molar-refractivity contribution in [3.8, 4) is 11.5 Å². The first-order valence-electron chi connectivity index (χ1n) is 5.73. The number of rotatable bonds is 5. The number of nitrogens with zero attached hydrogens (tertiary/aromatic N) is 1. The zero-order valence-corrected chi connectivity index (χ0v) is 10.0. The van der Waals surface area contributed by atoms with E-state index in [1.165, 1.54) is 6.07 Å². The van der Waals surface area contributed by atoms with Crippen LogP contribution in [-0.4, -0.2) is 38.3 Å². The van der Waals surface area contributed by atoms with Gasteiger partial charge in [0.05, 0.1) is 6.54 Å². The highest BCUT2D eigenvalue weighted by Gasteiger charge is 2.29. The number of hydrogen-bond donors (Lipinski definition) is 1. The summed E-state index contributed by atoms with van der Waals surface area (Å²) in [6, 6.07) is 6.25. The fourth-order valence-electron chi connectivity index (χ4n) is 1.54. The van der Waals surface area contributed by atoms with E-state index >= 15 is 0 Å². The van der Waals surface area contributed by atoms with E-state index in [1.807, 2.05) is 0 Å². The Hall–Kier alpha value is -1.92. The van der Waals surface area contributed by atoms with Crippen molar-refractivity contribution in [1.29, 1.82) is 0 Å². The van der Waals surface area contributed by atoms with Gasteiger partial charge in [-0.2, -0.15) is 13.2 Å². The van der Waals surface area contributed by atoms with E-state index in [0.29, 0.717) is 12.4 Å². The molecular formula is C12H13F3N2O2. The maximum atomic E-state index is 12.1. The smallest absolute Gasteiger partial charge is 0.422 e. The SMILES string of the molecule is FC(F)(F)COc1ccccc1OCC1=NCCN1. The van der Waals surface area contributed by atoms with Crippen LogP contribution in [0.1, 0.15) is 0 Å². The van der Waals surface area contributed by atoms with Crippen LogP contribution in [0.5, 0.6) is 11.5 Å². The zero-order valence-electron chi connectivity index (χ0n) is 10.0. The van der Waals surface area contributed by atoms with Gasteiger partial charge in [0.2, 0.25) is 0 Å². The molecule has 7 heteroatoms. The molecule has 1 heterocycles. The summed E-state index contributed by atoms with van der Waals surface area (Å²) in [6.07, 6.45) is -4.37. The van der Waals surface area contributed by atoms with Crippen molar-refractivity contribution in [2.45, 2.75) is 6.18 Å². The quantitative estimate of drug-likeness (QED) is 0.893. The number of aliphatic imine (C=N–C) groups is 1. The first kappa shape index (κ1) is 13.5. The Morgan fingerprint density at radius 3 is 2.42 bits per heavy atom. The van der Waals surface area contributed by atoms with Gasteiger partial charge in [0.25, 0.3) is 0 Å². The molecule has 104 valence electrons. The zero-order chi connectivity index (χ0) is 13.7. The first-order chi connectivity index (χ1) is 9.04. The molecule has 0 amide bonds. The summed E-state index contributed by atoms with van der Waals surface area (Å²) < 4.78 is 46.4. The predicted molar refractivity (Wildman–Crippen MR) is 63.8 cm³/mol. The van der Waals surface area contributed by atoms with E-state index in [4.69, 9.17) is 9.47 Å². The molecule has 1 aliphatic heterocycles. The first-order valence-corrected chi connectivity index (χ1v) is 5.73. The lowest BCUT2D eigenvalue weighted by molar-refractivity contribution is -0.153. The molecule has 19 heavy (non-hydrogen) atoms. The van der Waals surface area contributed by atoms with Crippen molar-refractivity contribution >= 4 is 5.84 Å². The van der Waals surface area contributed by atoms with Crippen LogP contribution in [0.3, 0.4) is 0 Å². The molecule has 0 spiro atoms. The van der Waals surface area contributed by atoms with E-state index in [0.717, 1.165) is 6.54 Å². The van der Waals surface area contributed by atoms with Gasteiger partial charge in [0.1, 0.15) is 12.4 Å². The molecule has 4 nitrogen and oxygen atoms in total. The number of alkyl halides is 3. The highest BCUT2D eigenvalue weighted by molar-refractivity contribution is 5.85. The number of para-hydroxylation sites is 2. The third-order valence-electron chi connectivity index (χ3n) is 2.35. The molecule has 1 aromatic carbocycles. The van der Waals surface area contributed by atoms with Gasteiger partial charge in [0, 0.05) is 6.54 Å². The number of amidine groups is 1. The van der Waals surface area contributed by atoms with Crippen molar-refractivity contribution in [1.82, 2.24) is 5.32 Å². The largest absolute Gasteiger partial charge is 0.482 e. The van der Waals surface area contributed by atoms with Gasteiger partial charge in [-0.15, -0.1) is 0 Å². The number of ether oxygens (including phenoxy) is 2. The van der Waals surface area contributed by atoms with Crippen LogP contribution in [-0.2, 0) is 0 Å². The molecule has 0 saturated carbocycles. The summed E-state index contributed by atoms with van der Waals surface area (Å²) in [6.45, 7) is 0.286. The Kier molecular flexibility index (Phi) is 4.13. The Morgan fingerprint density at radius 2 is 1.84 bits per heavy atom. The molecule has 0 radical (unpaired) electrons. The summed E-state index contributed by atoms with van der Waals surface area (Å²) in [5.74, 6) is 1.02. The van der Waals surface area contributed by atoms with Crippen molar-refractivity contribution in [3.05, 3.63) is 24.3 Å². The van der Waals surface area contributed by atoms with Crippen molar-refractivity contribution < 1.29 is 22.6 Å². The molecule has 0 unspecified atom stereocenters. The highest BCUT2D eigenvalue weighted by atomic mass is 19.4. The maximum absolute atomic E-state index is 12.1. The van der Waals surface area contributed by atoms with Crippen LogP contribution in [0.25, 0.3) is 0 Å². The second-order valence-corrected chi connectivity index (χ2v) is 3.89. The van der Waals surface area contributed by atoms with Crippen LogP contribution in [0, 0.1) is 0 Å². The highest BCUT2D eigenvalue weighted by Crippen LogP contribution is 2.28. The van der Waals surface area contributed by atoms with Crippen molar-refractivity contribution in [3.63, 3.8) is 0 Å². The Labute approximate surface area is 108 Å². The second-order valence-electron chi connectivity index (χ2n) is 3.89. The molecule has 0 aromatic heterocycles. The lowest BCUT2D eigenvalue weighted by Crippen LogP contribution is -2.25. The molecule has 0 fully saturated rings. The minimum atomic E-state index is -4.37. The summed E-state index contributed by atoms with van der Waals surface area (Å²) in [4.78, 5) is 4.13. The Bertz CT molecular complexity index is 461. The molecule has 0 atom stereocenters. The van der Waals surface area contributed by atoms with E-state index in [-0.39, 0.29) is 18.1 Å². The predicted octanol–water partition coefficient (Wildman–Crippen LogP) is 2.01. The third-order valence-corrected chi connectivity index (χ3v) is 2.35. The number of nitrogens with one attached hydrogen (secondary N) is 1. The lowest BCUT2D eigenvalue weighted by atomic mass is 10.3. The van der Waals surface area contributed by atoms with E-state index in [1.54, 1.807) is 18.2 Å². The molecular weight excluding hydrogens is 261 g/mol. The van der Waals surface area contributed by atoms with Gasteiger partial charge in [0.15, 0.2) is 18.1 Å². The summed E-state index contributed by atoms with van der Waals surface area (Å²) in [7, 11) is 0. The van der Waals surface area contributed by atoms with Gasteiger partial charge in [-0.05, 0) is 12.1 Å². The molecule has 0 aliphatic carbocycles. The Morgan fingerprint density at radius 1 is 1.16 bits per heavy atom. The number of halogens is 3. The number of hydrogen-bond acceptors (Lipinski definition) is 4. The lowest BCUT2D eigenvalue weighted by Gasteiger charge is -2.13. The van der Waals surface area contributed by atoms with E-state index < -0.39 is 12.8 Å². The van der Waals surface area contributed by atoms with Gasteiger partial charge >= 0.3 is 6.18 Å². The van der Waals surface area contributed by atoms with Crippen LogP contribution in [0.2, 0.25) is 0 Å². The van der Waals surface area contributed by atoms with Gasteiger partial charge in [-0.3, -0.25) is 4.99 Å². The molecule has 1 aliphatic rings. The van der Waals surface area contributed by atoms with Gasteiger partial charge < -0.3 is 14.8 Å². The fourth-order valence-corrected chi connectivity index (χ4v) is 1.54. The minimum absolute atomic E-state index is 0.0680. The summed E-state index contributed by atoms with van der Waals surface area (Å²) in [5.41, 5.74) is 0. The standard InChI is InChI=1S/C12H13F3N2O2/c13-12(14,15)8-19-10-4-2-1-3-9(10)18-7-11-16-5-6-17-11/h1-4H,5-8H2,(H,16,17). The monoisotopic (exact) mass is 274 g/mol. The van der Waals surface area contributed by atoms with Crippen LogP contribution in [0.4, 0.5) is 13.2 Å². The average Bonchev–Trinajstić information content (AvgIpc) is 2.87. The molecule has 0 bridgehead atoms. The normalized spacial score (nSPS) is 14.8. The van der Waals surface area contributed by atoms with Crippen LogP contribution >= 0.6 is 0 Å². The third kappa shape index (κ3) is 4.35. The average molecular weight is 274 g/mol. The molecule has 1 N–H and O–H groups in total. The second kappa shape index (κ2) is 5.81. The van der Waals surface area contributed by atoms with Gasteiger partial charge in [-0.25, -0.2) is 0 Å². The minimum Gasteiger partial charge on any atom is -0.482 e. The summed E-state index contributed by atoms with van der Waals surface area (Å²) >= 11 is 0. The van der Waals surface area contributed by atoms with E-state index in [9.17, 15) is 13.2 Å². The molecule has 1 aromatic rings. The van der Waals surface area contributed by atoms with Crippen molar-refractivity contribution in [2.75, 3.05) is 26.3 Å².